The number of pyridine rings is 1. The maximum atomic E-state index is 14.6. The summed E-state index contributed by atoms with van der Waals surface area (Å²) < 4.78 is 85.0. The lowest BCUT2D eigenvalue weighted by atomic mass is 10.0. The van der Waals surface area contributed by atoms with Crippen LogP contribution in [0, 0.1) is 11.8 Å². The van der Waals surface area contributed by atoms with Crippen LogP contribution in [0.5, 0.6) is 5.75 Å². The summed E-state index contributed by atoms with van der Waals surface area (Å²) >= 11 is -0.324. The maximum Gasteiger partial charge on any atom is 0.447 e. The van der Waals surface area contributed by atoms with E-state index >= 15 is 0 Å². The number of nitrogens with one attached hydrogen (secondary N) is 2. The molecule has 2 unspecified atom stereocenters. The molecule has 0 aliphatic carbocycles. The van der Waals surface area contributed by atoms with Crippen molar-refractivity contribution in [1.29, 1.82) is 0 Å². The van der Waals surface area contributed by atoms with Gasteiger partial charge in [0, 0.05) is 43.4 Å². The van der Waals surface area contributed by atoms with Crippen molar-refractivity contribution in [2.24, 2.45) is 0 Å². The van der Waals surface area contributed by atoms with Gasteiger partial charge in [-0.15, -0.1) is 0 Å². The fourth-order valence-electron chi connectivity index (χ4n) is 4.18. The monoisotopic (exact) mass is 585 g/mol. The van der Waals surface area contributed by atoms with Gasteiger partial charge in [0.1, 0.15) is 22.6 Å². The number of fused-ring (bicyclic) bond motifs is 1. The molecule has 2 N–H and O–H groups in total. The van der Waals surface area contributed by atoms with Crippen molar-refractivity contribution >= 4 is 38.6 Å². The number of likely N-dealkylation sites (tertiary alicyclic amines) is 1. The van der Waals surface area contributed by atoms with E-state index in [1.165, 1.54) is 35.9 Å². The average molecular weight is 586 g/mol. The summed E-state index contributed by atoms with van der Waals surface area (Å²) in [6, 6.07) is 7.03. The molecular weight excluding hydrogens is 558 g/mol. The topological polar surface area (TPSA) is 88.0 Å². The van der Waals surface area contributed by atoms with Crippen LogP contribution in [-0.2, 0) is 9.84 Å². The maximum absolute atomic E-state index is 14.6. The van der Waals surface area contributed by atoms with Crippen LogP contribution in [0.4, 0.5) is 28.9 Å². The van der Waals surface area contributed by atoms with E-state index in [9.17, 15) is 26.0 Å². The number of imidazole rings is 1. The number of halogens is 4. The Morgan fingerprint density at radius 1 is 1.26 bits per heavy atom. The summed E-state index contributed by atoms with van der Waals surface area (Å²) in [4.78, 5) is 6.34. The van der Waals surface area contributed by atoms with Crippen molar-refractivity contribution in [3.8, 4) is 17.6 Å². The standard InChI is InChI=1S/C25H27F4N5O3S2/c1-33-13-10-18(17(26)15-33)31-20-7-5-12-34-23(20)32-21(24(34)38-25(27,28)29)6-4-11-30-19-9-8-16(39(3,35)36)14-22(19)37-2/h5,7-9,12,14,17-18,30-31H,10-11,13,15H2,1-3H3. The number of ether oxygens (including phenoxy) is 1. The second-order valence-corrected chi connectivity index (χ2v) is 12.1. The molecule has 0 amide bonds. The Labute approximate surface area is 228 Å². The number of benzene rings is 1. The number of hydrogen-bond donors (Lipinski definition) is 2. The molecule has 39 heavy (non-hydrogen) atoms. The summed E-state index contributed by atoms with van der Waals surface area (Å²) in [5.41, 5.74) is -3.57. The molecule has 0 spiro atoms. The van der Waals surface area contributed by atoms with Crippen LogP contribution in [0.3, 0.4) is 0 Å². The molecule has 1 saturated heterocycles. The molecule has 1 aromatic carbocycles. The Balaban J connectivity index is 1.61. The van der Waals surface area contributed by atoms with Crippen LogP contribution in [0.25, 0.3) is 5.65 Å². The third kappa shape index (κ3) is 7.09. The highest BCUT2D eigenvalue weighted by Gasteiger charge is 2.33. The van der Waals surface area contributed by atoms with Gasteiger partial charge in [0.05, 0.1) is 36.0 Å². The van der Waals surface area contributed by atoms with Crippen LogP contribution < -0.4 is 15.4 Å². The smallest absolute Gasteiger partial charge is 0.447 e. The lowest BCUT2D eigenvalue weighted by molar-refractivity contribution is -0.0329. The van der Waals surface area contributed by atoms with Crippen molar-refractivity contribution in [3.05, 3.63) is 42.2 Å². The summed E-state index contributed by atoms with van der Waals surface area (Å²) in [5.74, 6) is 5.75. The van der Waals surface area contributed by atoms with Gasteiger partial charge >= 0.3 is 5.51 Å². The first-order chi connectivity index (χ1) is 18.4. The molecule has 1 fully saturated rings. The second kappa shape index (κ2) is 11.5. The zero-order valence-corrected chi connectivity index (χ0v) is 23.0. The zero-order chi connectivity index (χ0) is 28.4. The number of thioether (sulfide) groups is 1. The van der Waals surface area contributed by atoms with Gasteiger partial charge in [0.2, 0.25) is 0 Å². The summed E-state index contributed by atoms with van der Waals surface area (Å²) in [7, 11) is -0.214. The number of nitrogens with zero attached hydrogens (tertiary/aromatic N) is 3. The summed E-state index contributed by atoms with van der Waals surface area (Å²) in [6.45, 7) is 0.967. The highest BCUT2D eigenvalue weighted by Crippen LogP contribution is 2.39. The molecule has 0 radical (unpaired) electrons. The molecule has 210 valence electrons. The first-order valence-corrected chi connectivity index (χ1v) is 14.5. The fraction of sp³-hybridized carbons (Fsp3) is 0.400. The summed E-state index contributed by atoms with van der Waals surface area (Å²) in [6.07, 6.45) is 1.94. The lowest BCUT2D eigenvalue weighted by Crippen LogP contribution is -2.46. The van der Waals surface area contributed by atoms with Crippen LogP contribution in [0.2, 0.25) is 0 Å². The zero-order valence-electron chi connectivity index (χ0n) is 21.3. The number of methoxy groups -OCH3 is 1. The van der Waals surface area contributed by atoms with Gasteiger partial charge in [-0.1, -0.05) is 5.92 Å². The number of hydrogen-bond acceptors (Lipinski definition) is 8. The average Bonchev–Trinajstić information content (AvgIpc) is 3.19. The van der Waals surface area contributed by atoms with E-state index in [4.69, 9.17) is 4.74 Å². The number of alkyl halides is 4. The second-order valence-electron chi connectivity index (χ2n) is 9.04. The molecule has 0 bridgehead atoms. The molecule has 1 aliphatic heterocycles. The highest BCUT2D eigenvalue weighted by molar-refractivity contribution is 8.00. The van der Waals surface area contributed by atoms with Crippen LogP contribution in [0.1, 0.15) is 12.1 Å². The predicted molar refractivity (Wildman–Crippen MR) is 143 cm³/mol. The predicted octanol–water partition coefficient (Wildman–Crippen LogP) is 4.28. The van der Waals surface area contributed by atoms with E-state index in [-0.39, 0.29) is 51.9 Å². The minimum Gasteiger partial charge on any atom is -0.495 e. The van der Waals surface area contributed by atoms with E-state index < -0.39 is 27.6 Å². The van der Waals surface area contributed by atoms with E-state index in [1.807, 2.05) is 11.9 Å². The Hall–Kier alpha value is -3.15. The molecule has 3 heterocycles. The molecule has 14 heteroatoms. The van der Waals surface area contributed by atoms with E-state index in [0.717, 1.165) is 6.26 Å². The SMILES string of the molecule is COc1cc(S(C)(=O)=O)ccc1NCC#Cc1nc2c(NC3CCN(C)CC3F)cccn2c1SC(F)(F)F. The third-order valence-electron chi connectivity index (χ3n) is 6.08. The molecule has 2 atom stereocenters. The summed E-state index contributed by atoms with van der Waals surface area (Å²) in [5, 5.41) is 5.89. The van der Waals surface area contributed by atoms with Gasteiger partial charge in [-0.2, -0.15) is 13.2 Å². The lowest BCUT2D eigenvalue weighted by Gasteiger charge is -2.33. The van der Waals surface area contributed by atoms with Crippen molar-refractivity contribution in [3.63, 3.8) is 0 Å². The Morgan fingerprint density at radius 3 is 2.69 bits per heavy atom. The van der Waals surface area contributed by atoms with Gasteiger partial charge in [0.15, 0.2) is 15.5 Å². The van der Waals surface area contributed by atoms with Gasteiger partial charge in [-0.25, -0.2) is 17.8 Å². The Kier molecular flexibility index (Phi) is 8.53. The number of sulfone groups is 1. The molecule has 1 aliphatic rings. The van der Waals surface area contributed by atoms with Gasteiger partial charge < -0.3 is 20.3 Å². The third-order valence-corrected chi connectivity index (χ3v) is 8.00. The quantitative estimate of drug-likeness (QED) is 0.242. The number of aromatic nitrogens is 2. The van der Waals surface area contributed by atoms with Crippen LogP contribution in [0.15, 0.2) is 46.5 Å². The minimum absolute atomic E-state index is 0.0167. The fourth-order valence-corrected chi connectivity index (χ4v) is 5.48. The number of rotatable bonds is 7. The molecule has 0 saturated carbocycles. The number of anilines is 2. The number of piperidine rings is 1. The normalized spacial score (nSPS) is 18.4. The van der Waals surface area contributed by atoms with Crippen molar-refractivity contribution in [2.75, 3.05) is 50.7 Å². The molecule has 8 nitrogen and oxygen atoms in total. The van der Waals surface area contributed by atoms with E-state index in [1.54, 1.807) is 12.1 Å². The van der Waals surface area contributed by atoms with Crippen LogP contribution in [-0.4, -0.2) is 80.5 Å². The van der Waals surface area contributed by atoms with E-state index in [2.05, 4.69) is 27.5 Å². The van der Waals surface area contributed by atoms with Gasteiger partial charge in [-0.05, 0) is 43.7 Å². The molecule has 4 rings (SSSR count). The minimum atomic E-state index is -4.58. The van der Waals surface area contributed by atoms with E-state index in [0.29, 0.717) is 24.3 Å². The van der Waals surface area contributed by atoms with Crippen molar-refractivity contribution in [1.82, 2.24) is 14.3 Å². The molecule has 3 aromatic rings. The van der Waals surface area contributed by atoms with Crippen molar-refractivity contribution in [2.45, 2.75) is 34.1 Å². The highest BCUT2D eigenvalue weighted by atomic mass is 32.2. The van der Waals surface area contributed by atoms with Gasteiger partial charge in [-0.3, -0.25) is 4.40 Å². The van der Waals surface area contributed by atoms with Crippen LogP contribution >= 0.6 is 11.8 Å². The first kappa shape index (κ1) is 28.8. The molecule has 2 aromatic heterocycles. The Bertz CT molecular complexity index is 1520. The largest absolute Gasteiger partial charge is 0.495 e. The van der Waals surface area contributed by atoms with Crippen molar-refractivity contribution < 1.29 is 30.7 Å². The molecular formula is C25H27F4N5O3S2. The Morgan fingerprint density at radius 2 is 2.03 bits per heavy atom. The first-order valence-electron chi connectivity index (χ1n) is 11.8. The van der Waals surface area contributed by atoms with Gasteiger partial charge in [0.25, 0.3) is 0 Å².